The Bertz CT molecular complexity index is 1150. The van der Waals surface area contributed by atoms with Crippen molar-refractivity contribution in [2.24, 2.45) is 0 Å². The van der Waals surface area contributed by atoms with Crippen LogP contribution in [0.15, 0.2) is 54.6 Å². The van der Waals surface area contributed by atoms with Gasteiger partial charge < -0.3 is 19.6 Å². The first kappa shape index (κ1) is 22.7. The molecule has 5 rings (SSSR count). The van der Waals surface area contributed by atoms with E-state index in [-0.39, 0.29) is 6.04 Å². The fourth-order valence-corrected chi connectivity index (χ4v) is 4.85. The molecule has 0 radical (unpaired) electrons. The number of hydrogen-bond acceptors (Lipinski definition) is 6. The number of morpholine rings is 1. The molecule has 1 atom stereocenters. The van der Waals surface area contributed by atoms with E-state index < -0.39 is 17.2 Å². The standard InChI is InChI=1S/C26H28F2N4O2/c1-18-29-24(31-11-9-26(33,10-12-31)20-7-8-21(27)22(28)15-20)16-25(30-18)32-13-14-34-17-23(32)19-5-3-2-4-6-19/h2-8,15-16,23,33H,9-14,17H2,1H3/t23-/m1/s1. The number of rotatable bonds is 4. The maximum atomic E-state index is 13.7. The zero-order valence-corrected chi connectivity index (χ0v) is 19.1. The summed E-state index contributed by atoms with van der Waals surface area (Å²) in [6.45, 7) is 4.91. The van der Waals surface area contributed by atoms with Crippen LogP contribution in [-0.2, 0) is 10.3 Å². The summed E-state index contributed by atoms with van der Waals surface area (Å²) in [4.78, 5) is 13.8. The molecule has 2 aliphatic rings. The van der Waals surface area contributed by atoms with Crippen LogP contribution >= 0.6 is 0 Å². The average molecular weight is 467 g/mol. The lowest BCUT2D eigenvalue weighted by atomic mass is 9.84. The Labute approximate surface area is 197 Å². The Morgan fingerprint density at radius 2 is 1.68 bits per heavy atom. The summed E-state index contributed by atoms with van der Waals surface area (Å²) in [7, 11) is 0. The SMILES string of the molecule is Cc1nc(N2CCC(O)(c3ccc(F)c(F)c3)CC2)cc(N2CCOC[C@@H]2c2ccccc2)n1. The van der Waals surface area contributed by atoms with E-state index in [1.807, 2.05) is 31.2 Å². The largest absolute Gasteiger partial charge is 0.385 e. The van der Waals surface area contributed by atoms with Crippen LogP contribution in [0.25, 0.3) is 0 Å². The summed E-state index contributed by atoms with van der Waals surface area (Å²) in [6, 6.07) is 16.0. The van der Waals surface area contributed by atoms with E-state index in [4.69, 9.17) is 9.72 Å². The van der Waals surface area contributed by atoms with Crippen LogP contribution in [0.4, 0.5) is 20.4 Å². The number of benzene rings is 2. The lowest BCUT2D eigenvalue weighted by molar-refractivity contribution is 0.0113. The van der Waals surface area contributed by atoms with Crippen LogP contribution in [-0.4, -0.2) is 47.9 Å². The Kier molecular flexibility index (Phi) is 6.18. The minimum Gasteiger partial charge on any atom is -0.385 e. The van der Waals surface area contributed by atoms with E-state index in [1.54, 1.807) is 0 Å². The van der Waals surface area contributed by atoms with Gasteiger partial charge >= 0.3 is 0 Å². The molecule has 34 heavy (non-hydrogen) atoms. The van der Waals surface area contributed by atoms with Crippen molar-refractivity contribution >= 4 is 11.6 Å². The smallest absolute Gasteiger partial charge is 0.159 e. The van der Waals surface area contributed by atoms with Gasteiger partial charge in [-0.25, -0.2) is 18.7 Å². The molecule has 8 heteroatoms. The summed E-state index contributed by atoms with van der Waals surface area (Å²) in [5, 5.41) is 11.1. The van der Waals surface area contributed by atoms with Gasteiger partial charge in [-0.3, -0.25) is 0 Å². The number of hydrogen-bond donors (Lipinski definition) is 1. The first-order chi connectivity index (χ1) is 16.4. The minimum absolute atomic E-state index is 0.0666. The number of piperidine rings is 1. The second-order valence-corrected chi connectivity index (χ2v) is 8.97. The lowest BCUT2D eigenvalue weighted by Crippen LogP contribution is -2.43. The number of halogens is 2. The molecule has 3 aromatic rings. The van der Waals surface area contributed by atoms with Gasteiger partial charge in [0.1, 0.15) is 17.5 Å². The predicted octanol–water partition coefficient (Wildman–Crippen LogP) is 4.13. The van der Waals surface area contributed by atoms with Gasteiger partial charge in [0, 0.05) is 25.7 Å². The topological polar surface area (TPSA) is 61.7 Å². The molecule has 0 amide bonds. The Hall–Kier alpha value is -3.10. The molecule has 0 bridgehead atoms. The molecule has 0 spiro atoms. The summed E-state index contributed by atoms with van der Waals surface area (Å²) in [5.74, 6) is 0.468. The summed E-state index contributed by atoms with van der Waals surface area (Å²) >= 11 is 0. The normalized spacial score (nSPS) is 20.4. The molecule has 2 fully saturated rings. The first-order valence-electron chi connectivity index (χ1n) is 11.6. The number of aromatic nitrogens is 2. The third-order valence-corrected chi connectivity index (χ3v) is 6.79. The number of nitrogens with zero attached hydrogens (tertiary/aromatic N) is 4. The molecule has 1 N–H and O–H groups in total. The van der Waals surface area contributed by atoms with Crippen molar-refractivity contribution in [1.29, 1.82) is 0 Å². The average Bonchev–Trinajstić information content (AvgIpc) is 2.86. The molecule has 0 aliphatic carbocycles. The van der Waals surface area contributed by atoms with E-state index in [0.717, 1.165) is 30.3 Å². The Morgan fingerprint density at radius 1 is 0.941 bits per heavy atom. The van der Waals surface area contributed by atoms with Crippen molar-refractivity contribution in [1.82, 2.24) is 9.97 Å². The maximum absolute atomic E-state index is 13.7. The molecule has 1 aromatic heterocycles. The van der Waals surface area contributed by atoms with E-state index in [1.165, 1.54) is 11.6 Å². The summed E-state index contributed by atoms with van der Waals surface area (Å²) in [5.41, 5.74) is 0.387. The zero-order valence-electron chi connectivity index (χ0n) is 19.1. The second-order valence-electron chi connectivity index (χ2n) is 8.97. The fraction of sp³-hybridized carbons (Fsp3) is 0.385. The predicted molar refractivity (Wildman–Crippen MR) is 126 cm³/mol. The van der Waals surface area contributed by atoms with Gasteiger partial charge in [0.25, 0.3) is 0 Å². The molecule has 6 nitrogen and oxygen atoms in total. The molecular formula is C26H28F2N4O2. The Morgan fingerprint density at radius 3 is 2.41 bits per heavy atom. The van der Waals surface area contributed by atoms with Crippen LogP contribution in [0.2, 0.25) is 0 Å². The second kappa shape index (κ2) is 9.27. The van der Waals surface area contributed by atoms with Crippen LogP contribution in [0.5, 0.6) is 0 Å². The number of ether oxygens (including phenoxy) is 1. The van der Waals surface area contributed by atoms with Crippen molar-refractivity contribution < 1.29 is 18.6 Å². The van der Waals surface area contributed by atoms with Crippen molar-refractivity contribution in [3.63, 3.8) is 0 Å². The fourth-order valence-electron chi connectivity index (χ4n) is 4.85. The quantitative estimate of drug-likeness (QED) is 0.624. The zero-order chi connectivity index (χ0) is 23.7. The van der Waals surface area contributed by atoms with Gasteiger partial charge in [0.2, 0.25) is 0 Å². The van der Waals surface area contributed by atoms with Crippen LogP contribution < -0.4 is 9.80 Å². The molecule has 3 heterocycles. The van der Waals surface area contributed by atoms with Gasteiger partial charge in [0.15, 0.2) is 11.6 Å². The van der Waals surface area contributed by atoms with Gasteiger partial charge in [-0.2, -0.15) is 0 Å². The van der Waals surface area contributed by atoms with Crippen molar-refractivity contribution in [2.75, 3.05) is 42.6 Å². The number of anilines is 2. The van der Waals surface area contributed by atoms with Crippen LogP contribution in [0.3, 0.4) is 0 Å². The maximum Gasteiger partial charge on any atom is 0.159 e. The summed E-state index contributed by atoms with van der Waals surface area (Å²) in [6.07, 6.45) is 0.779. The van der Waals surface area contributed by atoms with E-state index in [0.29, 0.717) is 50.5 Å². The van der Waals surface area contributed by atoms with E-state index in [2.05, 4.69) is 26.9 Å². The molecule has 0 unspecified atom stereocenters. The third-order valence-electron chi connectivity index (χ3n) is 6.79. The van der Waals surface area contributed by atoms with Gasteiger partial charge in [0.05, 0.1) is 24.9 Å². The minimum atomic E-state index is -1.20. The number of aryl methyl sites for hydroxylation is 1. The molecular weight excluding hydrogens is 438 g/mol. The van der Waals surface area contributed by atoms with Crippen molar-refractivity contribution in [3.8, 4) is 0 Å². The third kappa shape index (κ3) is 4.48. The van der Waals surface area contributed by atoms with Gasteiger partial charge in [-0.1, -0.05) is 36.4 Å². The summed E-state index contributed by atoms with van der Waals surface area (Å²) < 4.78 is 32.9. The monoisotopic (exact) mass is 466 g/mol. The Balaban J connectivity index is 1.36. The van der Waals surface area contributed by atoms with Crippen LogP contribution in [0.1, 0.15) is 35.8 Å². The molecule has 0 saturated carbocycles. The highest BCUT2D eigenvalue weighted by molar-refractivity contribution is 5.53. The molecule has 2 aliphatic heterocycles. The van der Waals surface area contributed by atoms with Gasteiger partial charge in [-0.15, -0.1) is 0 Å². The number of aliphatic hydroxyl groups is 1. The first-order valence-corrected chi connectivity index (χ1v) is 11.6. The lowest BCUT2D eigenvalue weighted by Gasteiger charge is -2.40. The molecule has 2 saturated heterocycles. The molecule has 2 aromatic carbocycles. The van der Waals surface area contributed by atoms with Gasteiger partial charge in [-0.05, 0) is 43.0 Å². The van der Waals surface area contributed by atoms with E-state index in [9.17, 15) is 13.9 Å². The van der Waals surface area contributed by atoms with Crippen molar-refractivity contribution in [3.05, 3.63) is 83.2 Å². The highest BCUT2D eigenvalue weighted by Gasteiger charge is 2.35. The highest BCUT2D eigenvalue weighted by Crippen LogP contribution is 2.36. The van der Waals surface area contributed by atoms with Crippen LogP contribution in [0, 0.1) is 18.6 Å². The highest BCUT2D eigenvalue weighted by atomic mass is 19.2. The molecule has 178 valence electrons. The van der Waals surface area contributed by atoms with E-state index >= 15 is 0 Å². The van der Waals surface area contributed by atoms with Crippen molar-refractivity contribution in [2.45, 2.75) is 31.4 Å².